The van der Waals surface area contributed by atoms with Gasteiger partial charge in [-0.05, 0) is 45.6 Å². The van der Waals surface area contributed by atoms with Crippen molar-refractivity contribution in [1.82, 2.24) is 10.3 Å². The van der Waals surface area contributed by atoms with Gasteiger partial charge in [0.1, 0.15) is 0 Å². The van der Waals surface area contributed by atoms with Crippen molar-refractivity contribution in [3.63, 3.8) is 0 Å². The van der Waals surface area contributed by atoms with Gasteiger partial charge in [-0.15, -0.1) is 11.3 Å². The number of hydrogen-bond acceptors (Lipinski definition) is 4. The van der Waals surface area contributed by atoms with E-state index in [2.05, 4.69) is 44.8 Å². The molecule has 4 heteroatoms. The first kappa shape index (κ1) is 15.8. The Bertz CT molecular complexity index is 427. The van der Waals surface area contributed by atoms with Gasteiger partial charge in [-0.25, -0.2) is 4.98 Å². The van der Waals surface area contributed by atoms with Crippen molar-refractivity contribution in [3.05, 3.63) is 10.6 Å². The van der Waals surface area contributed by atoms with Gasteiger partial charge in [0.15, 0.2) is 5.13 Å². The summed E-state index contributed by atoms with van der Waals surface area (Å²) in [6, 6.07) is 1.09. The van der Waals surface area contributed by atoms with Crippen molar-refractivity contribution < 1.29 is 0 Å². The van der Waals surface area contributed by atoms with E-state index in [9.17, 15) is 0 Å². The molecule has 0 aromatic carbocycles. The predicted octanol–water partition coefficient (Wildman–Crippen LogP) is 4.14. The van der Waals surface area contributed by atoms with Crippen LogP contribution >= 0.6 is 11.3 Å². The van der Waals surface area contributed by atoms with Gasteiger partial charge < -0.3 is 10.2 Å². The van der Waals surface area contributed by atoms with Gasteiger partial charge in [-0.2, -0.15) is 0 Å². The van der Waals surface area contributed by atoms with Crippen molar-refractivity contribution in [2.75, 3.05) is 18.0 Å². The van der Waals surface area contributed by atoms with Crippen LogP contribution in [0.1, 0.15) is 63.6 Å². The molecule has 0 radical (unpaired) electrons. The Kier molecular flexibility index (Phi) is 5.44. The summed E-state index contributed by atoms with van der Waals surface area (Å²) in [7, 11) is 0. The normalized spacial score (nSPS) is 20.9. The molecule has 1 aromatic rings. The van der Waals surface area contributed by atoms with Gasteiger partial charge in [0, 0.05) is 23.5 Å². The van der Waals surface area contributed by atoms with Crippen LogP contribution in [0.4, 0.5) is 5.13 Å². The quantitative estimate of drug-likeness (QED) is 0.855. The Labute approximate surface area is 127 Å². The average molecular weight is 295 g/mol. The van der Waals surface area contributed by atoms with Crippen LogP contribution in [0.15, 0.2) is 0 Å². The van der Waals surface area contributed by atoms with E-state index in [1.54, 1.807) is 0 Å². The predicted molar refractivity (Wildman–Crippen MR) is 88.8 cm³/mol. The summed E-state index contributed by atoms with van der Waals surface area (Å²) >= 11 is 1.89. The zero-order valence-electron chi connectivity index (χ0n) is 13.6. The van der Waals surface area contributed by atoms with E-state index < -0.39 is 0 Å². The lowest BCUT2D eigenvalue weighted by Gasteiger charge is -2.27. The fourth-order valence-corrected chi connectivity index (χ4v) is 4.27. The number of aryl methyl sites for hydroxylation is 1. The first-order valence-corrected chi connectivity index (χ1v) is 8.83. The maximum absolute atomic E-state index is 4.86. The monoisotopic (exact) mass is 295 g/mol. The van der Waals surface area contributed by atoms with Gasteiger partial charge in [0.2, 0.25) is 0 Å². The second-order valence-electron chi connectivity index (χ2n) is 6.27. The summed E-state index contributed by atoms with van der Waals surface area (Å²) in [5, 5.41) is 4.81. The molecule has 2 heterocycles. The highest BCUT2D eigenvalue weighted by atomic mass is 32.1. The lowest BCUT2D eigenvalue weighted by molar-refractivity contribution is 0.491. The van der Waals surface area contributed by atoms with Crippen molar-refractivity contribution in [3.8, 4) is 0 Å². The van der Waals surface area contributed by atoms with Crippen LogP contribution < -0.4 is 10.2 Å². The van der Waals surface area contributed by atoms with E-state index in [0.717, 1.165) is 6.54 Å². The number of thiazole rings is 1. The van der Waals surface area contributed by atoms with Crippen molar-refractivity contribution in [2.45, 2.75) is 66.0 Å². The maximum atomic E-state index is 4.86. The van der Waals surface area contributed by atoms with Crippen LogP contribution in [-0.4, -0.2) is 24.1 Å². The molecule has 114 valence electrons. The smallest absolute Gasteiger partial charge is 0.186 e. The van der Waals surface area contributed by atoms with Crippen LogP contribution in [0.3, 0.4) is 0 Å². The second-order valence-corrected chi connectivity index (χ2v) is 7.28. The Morgan fingerprint density at radius 1 is 1.40 bits per heavy atom. The number of hydrogen-bond donors (Lipinski definition) is 1. The fraction of sp³-hybridized carbons (Fsp3) is 0.812. The minimum Gasteiger partial charge on any atom is -0.345 e. The Balaban J connectivity index is 2.14. The van der Waals surface area contributed by atoms with Crippen molar-refractivity contribution in [2.24, 2.45) is 5.92 Å². The van der Waals surface area contributed by atoms with Crippen LogP contribution in [0.25, 0.3) is 0 Å². The van der Waals surface area contributed by atoms with E-state index in [1.807, 2.05) is 11.3 Å². The van der Waals surface area contributed by atoms with Crippen LogP contribution in [0.2, 0.25) is 0 Å². The minimum atomic E-state index is 0.418. The molecule has 3 nitrogen and oxygen atoms in total. The van der Waals surface area contributed by atoms with Gasteiger partial charge in [-0.1, -0.05) is 20.8 Å². The molecule has 1 aliphatic heterocycles. The fourth-order valence-electron chi connectivity index (χ4n) is 3.09. The molecule has 0 bridgehead atoms. The van der Waals surface area contributed by atoms with Crippen molar-refractivity contribution in [1.29, 1.82) is 0 Å². The summed E-state index contributed by atoms with van der Waals surface area (Å²) in [5.41, 5.74) is 1.20. The average Bonchev–Trinajstić information content (AvgIpc) is 3.01. The highest BCUT2D eigenvalue weighted by Crippen LogP contribution is 2.36. The molecule has 2 rings (SSSR count). The maximum Gasteiger partial charge on any atom is 0.186 e. The topological polar surface area (TPSA) is 28.2 Å². The van der Waals surface area contributed by atoms with Gasteiger partial charge in [0.25, 0.3) is 0 Å². The van der Waals surface area contributed by atoms with E-state index in [1.165, 1.54) is 41.5 Å². The van der Waals surface area contributed by atoms with Gasteiger partial charge in [-0.3, -0.25) is 0 Å². The summed E-state index contributed by atoms with van der Waals surface area (Å²) < 4.78 is 0. The highest BCUT2D eigenvalue weighted by molar-refractivity contribution is 7.15. The molecule has 2 atom stereocenters. The van der Waals surface area contributed by atoms with E-state index in [4.69, 9.17) is 4.98 Å². The van der Waals surface area contributed by atoms with Gasteiger partial charge >= 0.3 is 0 Å². The zero-order valence-corrected chi connectivity index (χ0v) is 14.4. The third-order valence-electron chi connectivity index (χ3n) is 4.23. The SMILES string of the molecule is CCCNC(C)c1sc(N2CCCC2C(C)C)nc1C. The molecule has 1 aromatic heterocycles. The summed E-state index contributed by atoms with van der Waals surface area (Å²) in [5.74, 6) is 0.709. The summed E-state index contributed by atoms with van der Waals surface area (Å²) in [4.78, 5) is 8.80. The van der Waals surface area contributed by atoms with Gasteiger partial charge in [0.05, 0.1) is 5.69 Å². The summed E-state index contributed by atoms with van der Waals surface area (Å²) in [6.45, 7) is 13.5. The molecule has 20 heavy (non-hydrogen) atoms. The molecule has 2 unspecified atom stereocenters. The number of nitrogens with one attached hydrogen (secondary N) is 1. The Hall–Kier alpha value is -0.610. The molecular weight excluding hydrogens is 266 g/mol. The number of nitrogens with zero attached hydrogens (tertiary/aromatic N) is 2. The lowest BCUT2D eigenvalue weighted by atomic mass is 10.0. The molecular formula is C16H29N3S. The third kappa shape index (κ3) is 3.34. The number of anilines is 1. The molecule has 0 aliphatic carbocycles. The standard InChI is InChI=1S/C16H29N3S/c1-6-9-17-12(4)15-13(5)18-16(20-15)19-10-7-8-14(19)11(2)3/h11-12,14,17H,6-10H2,1-5H3. The molecule has 1 saturated heterocycles. The van der Waals surface area contributed by atoms with Crippen LogP contribution in [-0.2, 0) is 0 Å². The number of aromatic nitrogens is 1. The first-order chi connectivity index (χ1) is 9.54. The first-order valence-electron chi connectivity index (χ1n) is 8.02. The second kappa shape index (κ2) is 6.90. The summed E-state index contributed by atoms with van der Waals surface area (Å²) in [6.07, 6.45) is 3.80. The number of rotatable bonds is 6. The zero-order chi connectivity index (χ0) is 14.7. The van der Waals surface area contributed by atoms with Crippen LogP contribution in [0, 0.1) is 12.8 Å². The third-order valence-corrected chi connectivity index (χ3v) is 5.61. The molecule has 0 saturated carbocycles. The lowest BCUT2D eigenvalue weighted by Crippen LogP contribution is -2.33. The van der Waals surface area contributed by atoms with E-state index in [0.29, 0.717) is 18.0 Å². The highest BCUT2D eigenvalue weighted by Gasteiger charge is 2.30. The van der Waals surface area contributed by atoms with E-state index in [-0.39, 0.29) is 0 Å². The molecule has 0 amide bonds. The Morgan fingerprint density at radius 2 is 2.15 bits per heavy atom. The molecule has 1 aliphatic rings. The Morgan fingerprint density at radius 3 is 2.80 bits per heavy atom. The molecule has 0 spiro atoms. The van der Waals surface area contributed by atoms with E-state index >= 15 is 0 Å². The molecule has 1 fully saturated rings. The minimum absolute atomic E-state index is 0.418. The van der Waals surface area contributed by atoms with Crippen LogP contribution in [0.5, 0.6) is 0 Å². The molecule has 1 N–H and O–H groups in total. The largest absolute Gasteiger partial charge is 0.345 e. The van der Waals surface area contributed by atoms with Crippen molar-refractivity contribution >= 4 is 16.5 Å².